The van der Waals surface area contributed by atoms with Crippen molar-refractivity contribution in [1.82, 2.24) is 19.6 Å². The number of imidazole rings is 1. The molecule has 3 aromatic rings. The third kappa shape index (κ3) is 3.52. The molecule has 6 heteroatoms. The van der Waals surface area contributed by atoms with Crippen molar-refractivity contribution in [1.29, 1.82) is 0 Å². The summed E-state index contributed by atoms with van der Waals surface area (Å²) in [5.74, 6) is 0.0634. The van der Waals surface area contributed by atoms with E-state index in [0.29, 0.717) is 18.3 Å². The Morgan fingerprint density at radius 2 is 2.15 bits per heavy atom. The van der Waals surface area contributed by atoms with Gasteiger partial charge in [0.2, 0.25) is 0 Å². The maximum Gasteiger partial charge on any atom is 0.274 e. The molecule has 0 aliphatic carbocycles. The summed E-state index contributed by atoms with van der Waals surface area (Å²) in [7, 11) is 0. The normalized spacial score (nSPS) is 15.7. The zero-order valence-corrected chi connectivity index (χ0v) is 15.8. The van der Waals surface area contributed by atoms with Crippen molar-refractivity contribution in [3.63, 3.8) is 0 Å². The van der Waals surface area contributed by atoms with Gasteiger partial charge in [-0.1, -0.05) is 6.07 Å². The second-order valence-electron chi connectivity index (χ2n) is 6.95. The van der Waals surface area contributed by atoms with Gasteiger partial charge < -0.3 is 14.6 Å². The number of nitrogens with zero attached hydrogens (tertiary/aromatic N) is 3. The number of aromatic nitrogens is 2. The molecule has 1 unspecified atom stereocenters. The highest BCUT2D eigenvalue weighted by atomic mass is 32.1. The number of carbonyl (C=O) groups is 1. The van der Waals surface area contributed by atoms with Gasteiger partial charge in [-0.15, -0.1) is 0 Å². The van der Waals surface area contributed by atoms with Crippen LogP contribution in [0.15, 0.2) is 41.2 Å². The van der Waals surface area contributed by atoms with Crippen molar-refractivity contribution in [2.75, 3.05) is 13.1 Å². The maximum atomic E-state index is 13.0. The first-order valence-electron chi connectivity index (χ1n) is 9.22. The minimum absolute atomic E-state index is 0.0634. The standard InChI is InChI=1S/C20H24N4OS/c1-15(12-16-7-11-26-14-16)21-13-17-19(20(25)23-8-4-5-9-23)22-18-6-2-3-10-24(17)18/h2-3,6-7,10-11,14-15,21H,4-5,8-9,12-13H2,1H3. The molecule has 26 heavy (non-hydrogen) atoms. The summed E-state index contributed by atoms with van der Waals surface area (Å²) in [6.45, 7) is 4.50. The van der Waals surface area contributed by atoms with Crippen LogP contribution < -0.4 is 5.32 Å². The number of hydrogen-bond acceptors (Lipinski definition) is 4. The van der Waals surface area contributed by atoms with Crippen LogP contribution in [0.3, 0.4) is 0 Å². The van der Waals surface area contributed by atoms with Crippen LogP contribution in [-0.2, 0) is 13.0 Å². The van der Waals surface area contributed by atoms with Crippen molar-refractivity contribution in [3.8, 4) is 0 Å². The quantitative estimate of drug-likeness (QED) is 0.726. The topological polar surface area (TPSA) is 49.6 Å². The van der Waals surface area contributed by atoms with Crippen LogP contribution in [0.2, 0.25) is 0 Å². The predicted octanol–water partition coefficient (Wildman–Crippen LogP) is 3.35. The molecule has 0 spiro atoms. The number of nitrogens with one attached hydrogen (secondary N) is 1. The Labute approximate surface area is 157 Å². The second kappa shape index (κ2) is 7.60. The van der Waals surface area contributed by atoms with Gasteiger partial charge in [-0.25, -0.2) is 4.98 Å². The van der Waals surface area contributed by atoms with E-state index in [0.717, 1.165) is 43.7 Å². The number of rotatable bonds is 6. The van der Waals surface area contributed by atoms with E-state index < -0.39 is 0 Å². The van der Waals surface area contributed by atoms with Crippen molar-refractivity contribution in [2.45, 2.75) is 38.8 Å². The lowest BCUT2D eigenvalue weighted by Crippen LogP contribution is -2.31. The van der Waals surface area contributed by atoms with Gasteiger partial charge in [0.15, 0.2) is 5.69 Å². The molecule has 0 radical (unpaired) electrons. The van der Waals surface area contributed by atoms with Crippen molar-refractivity contribution in [2.24, 2.45) is 0 Å². The average Bonchev–Trinajstić information content (AvgIpc) is 3.39. The van der Waals surface area contributed by atoms with E-state index in [1.54, 1.807) is 11.3 Å². The van der Waals surface area contributed by atoms with Crippen LogP contribution in [0.4, 0.5) is 0 Å². The summed E-state index contributed by atoms with van der Waals surface area (Å²) in [4.78, 5) is 19.5. The Hall–Kier alpha value is -2.18. The second-order valence-corrected chi connectivity index (χ2v) is 7.73. The van der Waals surface area contributed by atoms with Gasteiger partial charge in [0.05, 0.1) is 5.69 Å². The largest absolute Gasteiger partial charge is 0.337 e. The number of carbonyl (C=O) groups excluding carboxylic acids is 1. The third-order valence-corrected chi connectivity index (χ3v) is 5.70. The lowest BCUT2D eigenvalue weighted by Gasteiger charge is -2.16. The average molecular weight is 369 g/mol. The molecule has 136 valence electrons. The molecule has 4 heterocycles. The van der Waals surface area contributed by atoms with Crippen LogP contribution in [-0.4, -0.2) is 39.3 Å². The van der Waals surface area contributed by atoms with Crippen molar-refractivity contribution < 1.29 is 4.79 Å². The molecule has 1 aliphatic heterocycles. The number of fused-ring (bicyclic) bond motifs is 1. The van der Waals surface area contributed by atoms with Crippen LogP contribution in [0.5, 0.6) is 0 Å². The van der Waals surface area contributed by atoms with E-state index in [9.17, 15) is 4.79 Å². The van der Waals surface area contributed by atoms with Gasteiger partial charge in [0, 0.05) is 31.9 Å². The maximum absolute atomic E-state index is 13.0. The zero-order valence-electron chi connectivity index (χ0n) is 15.0. The van der Waals surface area contributed by atoms with E-state index in [1.165, 1.54) is 5.56 Å². The molecule has 4 rings (SSSR count). The van der Waals surface area contributed by atoms with Gasteiger partial charge in [0.1, 0.15) is 5.65 Å². The number of pyridine rings is 1. The number of likely N-dealkylation sites (tertiary alicyclic amines) is 1. The highest BCUT2D eigenvalue weighted by molar-refractivity contribution is 7.07. The summed E-state index contributed by atoms with van der Waals surface area (Å²) < 4.78 is 2.04. The fraction of sp³-hybridized carbons (Fsp3) is 0.400. The number of thiophene rings is 1. The fourth-order valence-corrected chi connectivity index (χ4v) is 4.24. The van der Waals surface area contributed by atoms with Crippen molar-refractivity contribution >= 4 is 22.9 Å². The molecule has 0 aromatic carbocycles. The van der Waals surface area contributed by atoms with E-state index in [1.807, 2.05) is 33.7 Å². The molecule has 1 atom stereocenters. The van der Waals surface area contributed by atoms with Crippen LogP contribution in [0.25, 0.3) is 5.65 Å². The van der Waals surface area contributed by atoms with E-state index >= 15 is 0 Å². The molecular formula is C20H24N4OS. The molecule has 1 saturated heterocycles. The Morgan fingerprint density at radius 1 is 1.31 bits per heavy atom. The molecule has 1 aliphatic rings. The van der Waals surface area contributed by atoms with Gasteiger partial charge in [-0.3, -0.25) is 4.79 Å². The lowest BCUT2D eigenvalue weighted by atomic mass is 10.1. The number of hydrogen-bond donors (Lipinski definition) is 1. The minimum atomic E-state index is 0.0634. The summed E-state index contributed by atoms with van der Waals surface area (Å²) >= 11 is 1.73. The van der Waals surface area contributed by atoms with Crippen LogP contribution in [0, 0.1) is 0 Å². The Balaban J connectivity index is 1.56. The molecule has 1 N–H and O–H groups in total. The molecule has 1 amide bonds. The summed E-state index contributed by atoms with van der Waals surface area (Å²) in [5.41, 5.74) is 3.72. The summed E-state index contributed by atoms with van der Waals surface area (Å²) in [5, 5.41) is 7.87. The first-order chi connectivity index (χ1) is 12.7. The Bertz CT molecular complexity index is 880. The summed E-state index contributed by atoms with van der Waals surface area (Å²) in [6.07, 6.45) is 5.15. The number of amides is 1. The van der Waals surface area contributed by atoms with Gasteiger partial charge >= 0.3 is 0 Å². The molecule has 1 fully saturated rings. The highest BCUT2D eigenvalue weighted by Crippen LogP contribution is 2.18. The van der Waals surface area contributed by atoms with Gasteiger partial charge in [0.25, 0.3) is 5.91 Å². The highest BCUT2D eigenvalue weighted by Gasteiger charge is 2.25. The van der Waals surface area contributed by atoms with Crippen molar-refractivity contribution in [3.05, 3.63) is 58.2 Å². The van der Waals surface area contributed by atoms with Crippen LogP contribution in [0.1, 0.15) is 41.5 Å². The summed E-state index contributed by atoms with van der Waals surface area (Å²) in [6, 6.07) is 8.40. The third-order valence-electron chi connectivity index (χ3n) is 4.96. The predicted molar refractivity (Wildman–Crippen MR) is 105 cm³/mol. The van der Waals surface area contributed by atoms with Gasteiger partial charge in [-0.05, 0) is 60.7 Å². The monoisotopic (exact) mass is 368 g/mol. The first-order valence-corrected chi connectivity index (χ1v) is 10.2. The molecule has 0 bridgehead atoms. The van der Waals surface area contributed by atoms with E-state index in [-0.39, 0.29) is 5.91 Å². The smallest absolute Gasteiger partial charge is 0.274 e. The van der Waals surface area contributed by atoms with Gasteiger partial charge in [-0.2, -0.15) is 11.3 Å². The van der Waals surface area contributed by atoms with E-state index in [2.05, 4.69) is 34.1 Å². The molecular weight excluding hydrogens is 344 g/mol. The SMILES string of the molecule is CC(Cc1ccsc1)NCc1c(C(=O)N2CCCC2)nc2ccccn12. The molecule has 3 aromatic heterocycles. The minimum Gasteiger partial charge on any atom is -0.337 e. The van der Waals surface area contributed by atoms with Crippen LogP contribution >= 0.6 is 11.3 Å². The Kier molecular flexibility index (Phi) is 5.04. The Morgan fingerprint density at radius 3 is 2.92 bits per heavy atom. The lowest BCUT2D eigenvalue weighted by molar-refractivity contribution is 0.0786. The molecule has 0 saturated carbocycles. The molecule has 5 nitrogen and oxygen atoms in total. The fourth-order valence-electron chi connectivity index (χ4n) is 3.56. The zero-order chi connectivity index (χ0) is 17.9. The van der Waals surface area contributed by atoms with E-state index in [4.69, 9.17) is 0 Å². The first kappa shape index (κ1) is 17.2.